The number of rotatable bonds is 6. The van der Waals surface area contributed by atoms with Crippen LogP contribution in [0.25, 0.3) is 0 Å². The second-order valence-electron chi connectivity index (χ2n) is 4.20. The molecule has 0 saturated heterocycles. The quantitative estimate of drug-likeness (QED) is 0.688. The van der Waals surface area contributed by atoms with E-state index in [2.05, 4.69) is 10.6 Å². The number of carbonyl (C=O) groups is 2. The van der Waals surface area contributed by atoms with Gasteiger partial charge < -0.3 is 10.6 Å². The van der Waals surface area contributed by atoms with Crippen LogP contribution in [0, 0.1) is 5.92 Å². The van der Waals surface area contributed by atoms with Gasteiger partial charge in [0.1, 0.15) is 5.88 Å². The lowest BCUT2D eigenvalue weighted by Gasteiger charge is -2.09. The summed E-state index contributed by atoms with van der Waals surface area (Å²) in [6.07, 6.45) is 6.28. The molecule has 92 valence electrons. The summed E-state index contributed by atoms with van der Waals surface area (Å²) in [5.74, 6) is 0.219. The second-order valence-corrected chi connectivity index (χ2v) is 4.47. The highest BCUT2D eigenvalue weighted by molar-refractivity contribution is 6.27. The molecule has 1 rings (SSSR count). The molecule has 0 unspecified atom stereocenters. The molecule has 0 radical (unpaired) electrons. The zero-order valence-corrected chi connectivity index (χ0v) is 10.2. The van der Waals surface area contributed by atoms with Crippen molar-refractivity contribution < 1.29 is 9.59 Å². The molecule has 1 aliphatic rings. The maximum Gasteiger partial charge on any atom is 0.239 e. The van der Waals surface area contributed by atoms with Crippen LogP contribution in [0.1, 0.15) is 32.1 Å². The topological polar surface area (TPSA) is 58.2 Å². The van der Waals surface area contributed by atoms with Gasteiger partial charge in [0, 0.05) is 6.54 Å². The summed E-state index contributed by atoms with van der Waals surface area (Å²) in [7, 11) is 0. The predicted molar refractivity (Wildman–Crippen MR) is 63.3 cm³/mol. The van der Waals surface area contributed by atoms with E-state index >= 15 is 0 Å². The van der Waals surface area contributed by atoms with Gasteiger partial charge >= 0.3 is 0 Å². The summed E-state index contributed by atoms with van der Waals surface area (Å²) in [6.45, 7) is 0.733. The Hall–Kier alpha value is -0.770. The highest BCUT2D eigenvalue weighted by Gasteiger charge is 2.14. The van der Waals surface area contributed by atoms with Gasteiger partial charge in [-0.3, -0.25) is 9.59 Å². The number of amides is 2. The second kappa shape index (κ2) is 7.49. The fourth-order valence-corrected chi connectivity index (χ4v) is 2.10. The van der Waals surface area contributed by atoms with E-state index in [4.69, 9.17) is 11.6 Å². The van der Waals surface area contributed by atoms with Crippen LogP contribution in [0.5, 0.6) is 0 Å². The van der Waals surface area contributed by atoms with Crippen molar-refractivity contribution in [3.8, 4) is 0 Å². The van der Waals surface area contributed by atoms with Crippen LogP contribution in [-0.4, -0.2) is 30.8 Å². The van der Waals surface area contributed by atoms with E-state index in [0.717, 1.165) is 12.3 Å². The normalized spacial score (nSPS) is 16.1. The SMILES string of the molecule is O=C(CCl)NCC(=O)NCCC1CCCC1. The first-order chi connectivity index (χ1) is 7.72. The van der Waals surface area contributed by atoms with Crippen molar-refractivity contribution >= 4 is 23.4 Å². The predicted octanol–water partition coefficient (Wildman–Crippen LogP) is 1.04. The number of halogens is 1. The molecular formula is C11H19ClN2O2. The lowest BCUT2D eigenvalue weighted by Crippen LogP contribution is -2.38. The Morgan fingerprint density at radius 3 is 2.44 bits per heavy atom. The standard InChI is InChI=1S/C11H19ClN2O2/c12-7-10(15)14-8-11(16)13-6-5-9-3-1-2-4-9/h9H,1-8H2,(H,13,16)(H,14,15). The van der Waals surface area contributed by atoms with Crippen molar-refractivity contribution in [2.24, 2.45) is 5.92 Å². The Kier molecular flexibility index (Phi) is 6.23. The van der Waals surface area contributed by atoms with Gasteiger partial charge in [0.2, 0.25) is 11.8 Å². The zero-order valence-electron chi connectivity index (χ0n) is 9.43. The Balaban J connectivity index is 1.99. The minimum Gasteiger partial charge on any atom is -0.355 e. The first-order valence-electron chi connectivity index (χ1n) is 5.81. The summed E-state index contributed by atoms with van der Waals surface area (Å²) in [4.78, 5) is 22.0. The molecule has 0 atom stereocenters. The molecule has 2 amide bonds. The van der Waals surface area contributed by atoms with Gasteiger partial charge in [-0.05, 0) is 12.3 Å². The van der Waals surface area contributed by atoms with Crippen molar-refractivity contribution in [2.45, 2.75) is 32.1 Å². The fraction of sp³-hybridized carbons (Fsp3) is 0.818. The molecule has 5 heteroatoms. The highest BCUT2D eigenvalue weighted by atomic mass is 35.5. The molecule has 0 aliphatic heterocycles. The van der Waals surface area contributed by atoms with E-state index in [1.807, 2.05) is 0 Å². The van der Waals surface area contributed by atoms with E-state index in [9.17, 15) is 9.59 Å². The number of nitrogens with one attached hydrogen (secondary N) is 2. The third kappa shape index (κ3) is 5.35. The molecule has 0 aromatic heterocycles. The molecule has 1 aliphatic carbocycles. The summed E-state index contributed by atoms with van der Waals surface area (Å²) < 4.78 is 0. The molecule has 4 nitrogen and oxygen atoms in total. The van der Waals surface area contributed by atoms with Crippen molar-refractivity contribution in [3.05, 3.63) is 0 Å². The lowest BCUT2D eigenvalue weighted by molar-refractivity contribution is -0.124. The minimum atomic E-state index is -0.312. The molecule has 16 heavy (non-hydrogen) atoms. The van der Waals surface area contributed by atoms with Crippen LogP contribution in [0.2, 0.25) is 0 Å². The highest BCUT2D eigenvalue weighted by Crippen LogP contribution is 2.26. The van der Waals surface area contributed by atoms with Gasteiger partial charge in [-0.2, -0.15) is 0 Å². The molecule has 2 N–H and O–H groups in total. The zero-order chi connectivity index (χ0) is 11.8. The Morgan fingerprint density at radius 1 is 1.12 bits per heavy atom. The van der Waals surface area contributed by atoms with Crippen LogP contribution < -0.4 is 10.6 Å². The number of hydrogen-bond acceptors (Lipinski definition) is 2. The molecule has 0 bridgehead atoms. The fourth-order valence-electron chi connectivity index (χ4n) is 2.00. The molecule has 0 aromatic carbocycles. The van der Waals surface area contributed by atoms with Crippen molar-refractivity contribution in [2.75, 3.05) is 19.0 Å². The average molecular weight is 247 g/mol. The summed E-state index contributed by atoms with van der Waals surface area (Å²) in [6, 6.07) is 0. The van der Waals surface area contributed by atoms with Crippen LogP contribution in [0.15, 0.2) is 0 Å². The molecule has 0 aromatic rings. The first kappa shape index (κ1) is 13.3. The Morgan fingerprint density at radius 2 is 1.81 bits per heavy atom. The number of carbonyl (C=O) groups excluding carboxylic acids is 2. The van der Waals surface area contributed by atoms with Crippen LogP contribution in [-0.2, 0) is 9.59 Å². The molecular weight excluding hydrogens is 228 g/mol. The smallest absolute Gasteiger partial charge is 0.239 e. The monoisotopic (exact) mass is 246 g/mol. The molecule has 0 spiro atoms. The van der Waals surface area contributed by atoms with Gasteiger partial charge in [0.15, 0.2) is 0 Å². The van der Waals surface area contributed by atoms with E-state index in [1.54, 1.807) is 0 Å². The van der Waals surface area contributed by atoms with Crippen LogP contribution >= 0.6 is 11.6 Å². The molecule has 1 saturated carbocycles. The maximum absolute atomic E-state index is 11.3. The molecule has 1 fully saturated rings. The van der Waals surface area contributed by atoms with E-state index < -0.39 is 0 Å². The molecule has 0 heterocycles. The third-order valence-corrected chi connectivity index (χ3v) is 3.16. The summed E-state index contributed by atoms with van der Waals surface area (Å²) in [5.41, 5.74) is 0. The largest absolute Gasteiger partial charge is 0.355 e. The Bertz CT molecular complexity index is 240. The average Bonchev–Trinajstić information content (AvgIpc) is 2.79. The van der Waals surface area contributed by atoms with Crippen molar-refractivity contribution in [1.82, 2.24) is 10.6 Å². The van der Waals surface area contributed by atoms with E-state index in [-0.39, 0.29) is 24.2 Å². The minimum absolute atomic E-state index is 0.0240. The van der Waals surface area contributed by atoms with Gasteiger partial charge in [-0.1, -0.05) is 25.7 Å². The maximum atomic E-state index is 11.3. The van der Waals surface area contributed by atoms with E-state index in [1.165, 1.54) is 25.7 Å². The van der Waals surface area contributed by atoms with Crippen molar-refractivity contribution in [1.29, 1.82) is 0 Å². The van der Waals surface area contributed by atoms with Gasteiger partial charge in [-0.25, -0.2) is 0 Å². The van der Waals surface area contributed by atoms with Crippen LogP contribution in [0.3, 0.4) is 0 Å². The van der Waals surface area contributed by atoms with Gasteiger partial charge in [-0.15, -0.1) is 11.6 Å². The van der Waals surface area contributed by atoms with Gasteiger partial charge in [0.05, 0.1) is 6.54 Å². The first-order valence-corrected chi connectivity index (χ1v) is 6.35. The van der Waals surface area contributed by atoms with Crippen LogP contribution in [0.4, 0.5) is 0 Å². The number of alkyl halides is 1. The Labute approximate surface area is 101 Å². The number of hydrogen-bond donors (Lipinski definition) is 2. The van der Waals surface area contributed by atoms with E-state index in [0.29, 0.717) is 6.54 Å². The summed E-state index contributed by atoms with van der Waals surface area (Å²) >= 11 is 5.28. The van der Waals surface area contributed by atoms with Crippen molar-refractivity contribution in [3.63, 3.8) is 0 Å². The van der Waals surface area contributed by atoms with Gasteiger partial charge in [0.25, 0.3) is 0 Å². The lowest BCUT2D eigenvalue weighted by atomic mass is 10.0. The third-order valence-electron chi connectivity index (χ3n) is 2.92. The summed E-state index contributed by atoms with van der Waals surface area (Å²) in [5, 5.41) is 5.22.